The van der Waals surface area contributed by atoms with Crippen LogP contribution in [-0.4, -0.2) is 68.5 Å². The fraction of sp³-hybridized carbons (Fsp3) is 0.839. The van der Waals surface area contributed by atoms with E-state index < -0.39 is 18.4 Å². The number of carbonyl (C=O) groups is 1. The zero-order valence-corrected chi connectivity index (χ0v) is 24.0. The Hall–Kier alpha value is -1.32. The van der Waals surface area contributed by atoms with Crippen molar-refractivity contribution in [3.05, 3.63) is 24.3 Å². The van der Waals surface area contributed by atoms with Crippen molar-refractivity contribution in [1.82, 2.24) is 0 Å². The number of aliphatic hydroxyl groups excluding tert-OH is 1. The molecular weight excluding hydrogens is 503 g/mol. The summed E-state index contributed by atoms with van der Waals surface area (Å²) in [5, 5.41) is 11.0. The number of halogens is 1. The molecule has 1 aliphatic carbocycles. The molecule has 0 amide bonds. The fourth-order valence-electron chi connectivity index (χ4n) is 5.73. The third-order valence-corrected chi connectivity index (χ3v) is 8.07. The molecule has 7 nitrogen and oxygen atoms in total. The van der Waals surface area contributed by atoms with Crippen LogP contribution in [0.5, 0.6) is 0 Å². The summed E-state index contributed by atoms with van der Waals surface area (Å²) in [4.78, 5) is 11.3. The average molecular weight is 555 g/mol. The number of aliphatic hydroxyl groups is 1. The molecule has 3 rings (SSSR count). The van der Waals surface area contributed by atoms with E-state index in [4.69, 9.17) is 23.7 Å². The minimum Gasteiger partial charge on any atom is -0.469 e. The molecule has 8 heteroatoms. The number of hydrogen-bond acceptors (Lipinski definition) is 7. The second-order valence-corrected chi connectivity index (χ2v) is 11.1. The second kappa shape index (κ2) is 18.2. The summed E-state index contributed by atoms with van der Waals surface area (Å²) < 4.78 is 44.2. The molecule has 0 aromatic heterocycles. The Kier molecular flexibility index (Phi) is 15.0. The highest BCUT2D eigenvalue weighted by molar-refractivity contribution is 5.69. The molecule has 0 spiro atoms. The smallest absolute Gasteiger partial charge is 0.305 e. The predicted octanol–water partition coefficient (Wildman–Crippen LogP) is 6.18. The van der Waals surface area contributed by atoms with Crippen LogP contribution in [0.25, 0.3) is 0 Å². The average Bonchev–Trinajstić information content (AvgIpc) is 3.25. The van der Waals surface area contributed by atoms with Crippen LogP contribution in [0.1, 0.15) is 96.8 Å². The minimum atomic E-state index is -1.12. The Labute approximate surface area is 234 Å². The zero-order chi connectivity index (χ0) is 27.9. The lowest BCUT2D eigenvalue weighted by atomic mass is 9.89. The lowest BCUT2D eigenvalue weighted by molar-refractivity contribution is -0.193. The SMILES string of the molecule is CCCCC(F)[C@@H](C=C[C@@H]1[C@@H](CC=CCCCC(=O)OC)[C@H](O)C[C@H]1OC1CCCCO1)OC1CCCCO1. The molecule has 0 aromatic carbocycles. The van der Waals surface area contributed by atoms with Crippen LogP contribution in [0.15, 0.2) is 24.3 Å². The van der Waals surface area contributed by atoms with Gasteiger partial charge in [-0.15, -0.1) is 0 Å². The molecule has 3 unspecified atom stereocenters. The minimum absolute atomic E-state index is 0.0630. The van der Waals surface area contributed by atoms with E-state index >= 15 is 4.39 Å². The Morgan fingerprint density at radius 1 is 1.08 bits per heavy atom. The van der Waals surface area contributed by atoms with Crippen LogP contribution < -0.4 is 0 Å². The standard InChI is InChI=1S/C31H51FO7/c1-3-4-14-25(32)27(38-30-16-9-11-20-36-30)19-18-24-23(13-7-5-6-8-15-29(34)35-2)26(33)22-28(24)39-31-17-10-12-21-37-31/h5,7,18-19,23-28,30-31,33H,3-4,6,8-17,20-22H2,1-2H3/t23-,24-,25?,26-,27-,28-,30?,31?/m1/s1. The lowest BCUT2D eigenvalue weighted by Crippen LogP contribution is -2.33. The lowest BCUT2D eigenvalue weighted by Gasteiger charge is -2.30. The number of allylic oxidation sites excluding steroid dienone is 2. The van der Waals surface area contributed by atoms with Gasteiger partial charge in [0.25, 0.3) is 0 Å². The molecule has 3 aliphatic rings. The van der Waals surface area contributed by atoms with Crippen molar-refractivity contribution in [1.29, 1.82) is 0 Å². The first-order valence-electron chi connectivity index (χ1n) is 15.3. The van der Waals surface area contributed by atoms with Gasteiger partial charge in [-0.05, 0) is 70.1 Å². The van der Waals surface area contributed by atoms with Crippen molar-refractivity contribution in [3.8, 4) is 0 Å². The van der Waals surface area contributed by atoms with E-state index in [1.54, 1.807) is 0 Å². The largest absolute Gasteiger partial charge is 0.469 e. The Balaban J connectivity index is 1.69. The summed E-state index contributed by atoms with van der Waals surface area (Å²) in [6.07, 6.45) is 15.8. The summed E-state index contributed by atoms with van der Waals surface area (Å²) in [5.74, 6) is -0.362. The van der Waals surface area contributed by atoms with Crippen molar-refractivity contribution in [2.24, 2.45) is 11.8 Å². The van der Waals surface area contributed by atoms with Crippen LogP contribution >= 0.6 is 0 Å². The number of ether oxygens (including phenoxy) is 5. The van der Waals surface area contributed by atoms with Crippen molar-refractivity contribution in [3.63, 3.8) is 0 Å². The number of methoxy groups -OCH3 is 1. The first-order chi connectivity index (χ1) is 19.0. The molecular formula is C31H51FO7. The van der Waals surface area contributed by atoms with E-state index in [0.717, 1.165) is 64.2 Å². The summed E-state index contributed by atoms with van der Waals surface area (Å²) in [7, 11) is 1.40. The molecule has 0 radical (unpaired) electrons. The van der Waals surface area contributed by atoms with Crippen LogP contribution in [-0.2, 0) is 28.5 Å². The van der Waals surface area contributed by atoms with Crippen molar-refractivity contribution in [2.75, 3.05) is 20.3 Å². The molecule has 1 saturated carbocycles. The van der Waals surface area contributed by atoms with Crippen LogP contribution in [0.2, 0.25) is 0 Å². The predicted molar refractivity (Wildman–Crippen MR) is 148 cm³/mol. The molecule has 8 atom stereocenters. The van der Waals surface area contributed by atoms with Crippen molar-refractivity contribution >= 4 is 5.97 Å². The first kappa shape index (κ1) is 32.2. The maximum Gasteiger partial charge on any atom is 0.305 e. The first-order valence-corrected chi connectivity index (χ1v) is 15.3. The maximum absolute atomic E-state index is 15.4. The van der Waals surface area contributed by atoms with Crippen LogP contribution in [0.3, 0.4) is 0 Å². The highest BCUT2D eigenvalue weighted by atomic mass is 19.1. The van der Waals surface area contributed by atoms with Gasteiger partial charge in [-0.1, -0.05) is 44.1 Å². The molecule has 2 heterocycles. The van der Waals surface area contributed by atoms with Crippen LogP contribution in [0.4, 0.5) is 4.39 Å². The van der Waals surface area contributed by atoms with Gasteiger partial charge < -0.3 is 28.8 Å². The van der Waals surface area contributed by atoms with Gasteiger partial charge >= 0.3 is 5.97 Å². The van der Waals surface area contributed by atoms with Crippen molar-refractivity contribution in [2.45, 2.75) is 134 Å². The van der Waals surface area contributed by atoms with E-state index in [-0.39, 0.29) is 36.5 Å². The quantitative estimate of drug-likeness (QED) is 0.139. The molecule has 2 saturated heterocycles. The van der Waals surface area contributed by atoms with E-state index in [2.05, 4.69) is 19.1 Å². The number of carbonyl (C=O) groups excluding carboxylic acids is 1. The number of rotatable bonds is 16. The summed E-state index contributed by atoms with van der Waals surface area (Å²) in [6.45, 7) is 3.40. The van der Waals surface area contributed by atoms with Gasteiger partial charge in [0.1, 0.15) is 12.3 Å². The number of hydrogen-bond donors (Lipinski definition) is 1. The van der Waals surface area contributed by atoms with E-state index in [9.17, 15) is 9.90 Å². The Morgan fingerprint density at radius 2 is 1.82 bits per heavy atom. The van der Waals surface area contributed by atoms with Crippen molar-refractivity contribution < 1.29 is 38.0 Å². The second-order valence-electron chi connectivity index (χ2n) is 11.1. The number of alkyl halides is 1. The summed E-state index contributed by atoms with van der Waals surface area (Å²) in [6, 6.07) is 0. The molecule has 224 valence electrons. The van der Waals surface area contributed by atoms with Gasteiger partial charge in [0.05, 0.1) is 19.3 Å². The van der Waals surface area contributed by atoms with Crippen LogP contribution in [0, 0.1) is 11.8 Å². The normalized spacial score (nSPS) is 31.6. The zero-order valence-electron chi connectivity index (χ0n) is 24.0. The molecule has 1 N–H and O–H groups in total. The number of esters is 1. The molecule has 3 fully saturated rings. The van der Waals surface area contributed by atoms with Gasteiger partial charge in [-0.2, -0.15) is 0 Å². The topological polar surface area (TPSA) is 83.5 Å². The van der Waals surface area contributed by atoms with E-state index in [1.165, 1.54) is 7.11 Å². The molecule has 2 aliphatic heterocycles. The summed E-state index contributed by atoms with van der Waals surface area (Å²) >= 11 is 0. The third-order valence-electron chi connectivity index (χ3n) is 8.07. The third kappa shape index (κ3) is 11.2. The highest BCUT2D eigenvalue weighted by Crippen LogP contribution is 2.40. The Bertz CT molecular complexity index is 732. The summed E-state index contributed by atoms with van der Waals surface area (Å²) in [5.41, 5.74) is 0. The van der Waals surface area contributed by atoms with E-state index in [1.807, 2.05) is 12.2 Å². The van der Waals surface area contributed by atoms with Gasteiger partial charge in [-0.25, -0.2) is 4.39 Å². The van der Waals surface area contributed by atoms with Gasteiger partial charge in [0, 0.05) is 32.0 Å². The fourth-order valence-corrected chi connectivity index (χ4v) is 5.73. The van der Waals surface area contributed by atoms with E-state index in [0.29, 0.717) is 38.9 Å². The highest BCUT2D eigenvalue weighted by Gasteiger charge is 2.42. The maximum atomic E-state index is 15.4. The monoisotopic (exact) mass is 554 g/mol. The molecule has 39 heavy (non-hydrogen) atoms. The molecule has 0 bridgehead atoms. The Morgan fingerprint density at radius 3 is 2.49 bits per heavy atom. The number of unbranched alkanes of at least 4 members (excludes halogenated alkanes) is 2. The van der Waals surface area contributed by atoms with Gasteiger partial charge in [-0.3, -0.25) is 4.79 Å². The van der Waals surface area contributed by atoms with Gasteiger partial charge in [0.2, 0.25) is 0 Å². The molecule has 0 aromatic rings. The van der Waals surface area contributed by atoms with Gasteiger partial charge in [0.15, 0.2) is 12.6 Å².